The summed E-state index contributed by atoms with van der Waals surface area (Å²) >= 11 is 1.67. The number of rotatable bonds is 8. The number of benzene rings is 2. The monoisotopic (exact) mass is 402 g/mol. The Kier molecular flexibility index (Phi) is 7.27. The number of amides is 1. The van der Waals surface area contributed by atoms with E-state index in [2.05, 4.69) is 16.6 Å². The van der Waals surface area contributed by atoms with Crippen LogP contribution in [0.15, 0.2) is 60.0 Å². The van der Waals surface area contributed by atoms with Crippen molar-refractivity contribution in [3.63, 3.8) is 0 Å². The minimum absolute atomic E-state index is 0.206. The van der Waals surface area contributed by atoms with Crippen molar-refractivity contribution in [2.45, 2.75) is 11.4 Å². The standard InChI is InChI=1S/C20H22N2O3S2/c1-4-17-13-16(7-11-19(17)22-27(3,24)25)14-21-20(23)12-8-15-5-9-18(26-2)10-6-15/h4-13,22H,1,14H2,2-3H3,(H,21,23)/b12-8+. The second kappa shape index (κ2) is 9.43. The molecular weight excluding hydrogens is 380 g/mol. The van der Waals surface area contributed by atoms with Gasteiger partial charge in [-0.25, -0.2) is 8.42 Å². The van der Waals surface area contributed by atoms with Gasteiger partial charge in [0, 0.05) is 17.5 Å². The molecule has 0 unspecified atom stereocenters. The van der Waals surface area contributed by atoms with E-state index in [1.54, 1.807) is 42.1 Å². The zero-order chi connectivity index (χ0) is 19.9. The Morgan fingerprint density at radius 3 is 2.48 bits per heavy atom. The maximum atomic E-state index is 12.0. The third kappa shape index (κ3) is 6.96. The maximum Gasteiger partial charge on any atom is 0.244 e. The molecule has 0 fully saturated rings. The van der Waals surface area contributed by atoms with Crippen molar-refractivity contribution in [2.24, 2.45) is 0 Å². The quantitative estimate of drug-likeness (QED) is 0.521. The molecule has 0 aromatic heterocycles. The Hall–Kier alpha value is -2.51. The van der Waals surface area contributed by atoms with E-state index >= 15 is 0 Å². The number of nitrogens with one attached hydrogen (secondary N) is 2. The first-order valence-electron chi connectivity index (χ1n) is 8.14. The summed E-state index contributed by atoms with van der Waals surface area (Å²) in [5.41, 5.74) is 2.90. The smallest absolute Gasteiger partial charge is 0.244 e. The molecule has 0 spiro atoms. The van der Waals surface area contributed by atoms with Gasteiger partial charge in [0.1, 0.15) is 0 Å². The first kappa shape index (κ1) is 20.8. The van der Waals surface area contributed by atoms with E-state index in [1.165, 1.54) is 11.0 Å². The summed E-state index contributed by atoms with van der Waals surface area (Å²) in [7, 11) is -3.36. The molecule has 2 N–H and O–H groups in total. The molecule has 27 heavy (non-hydrogen) atoms. The fourth-order valence-corrected chi connectivity index (χ4v) is 3.31. The van der Waals surface area contributed by atoms with Crippen LogP contribution in [0.5, 0.6) is 0 Å². The van der Waals surface area contributed by atoms with Crippen molar-refractivity contribution in [1.82, 2.24) is 5.32 Å². The number of thioether (sulfide) groups is 1. The van der Waals surface area contributed by atoms with E-state index in [0.29, 0.717) is 17.8 Å². The molecule has 0 aliphatic heterocycles. The predicted molar refractivity (Wildman–Crippen MR) is 114 cm³/mol. The molecule has 0 radical (unpaired) electrons. The largest absolute Gasteiger partial charge is 0.348 e. The molecule has 0 aliphatic carbocycles. The normalized spacial score (nSPS) is 11.3. The van der Waals surface area contributed by atoms with Crippen molar-refractivity contribution in [2.75, 3.05) is 17.2 Å². The van der Waals surface area contributed by atoms with Gasteiger partial charge in [0.25, 0.3) is 0 Å². The number of carbonyl (C=O) groups is 1. The minimum atomic E-state index is -3.36. The van der Waals surface area contributed by atoms with Crippen LogP contribution in [0.3, 0.4) is 0 Å². The number of anilines is 1. The first-order chi connectivity index (χ1) is 12.8. The van der Waals surface area contributed by atoms with Crippen molar-refractivity contribution in [1.29, 1.82) is 0 Å². The van der Waals surface area contributed by atoms with Gasteiger partial charge >= 0.3 is 0 Å². The molecule has 0 bridgehead atoms. The number of hydrogen-bond donors (Lipinski definition) is 2. The van der Waals surface area contributed by atoms with Gasteiger partial charge in [-0.1, -0.05) is 30.9 Å². The van der Waals surface area contributed by atoms with Crippen LogP contribution in [0.1, 0.15) is 16.7 Å². The van der Waals surface area contributed by atoms with Gasteiger partial charge in [0.05, 0.1) is 11.9 Å². The molecule has 0 saturated heterocycles. The topological polar surface area (TPSA) is 75.3 Å². The van der Waals surface area contributed by atoms with Crippen LogP contribution in [0.25, 0.3) is 12.2 Å². The fraction of sp³-hybridized carbons (Fsp3) is 0.150. The third-order valence-electron chi connectivity index (χ3n) is 3.64. The van der Waals surface area contributed by atoms with E-state index in [-0.39, 0.29) is 5.91 Å². The van der Waals surface area contributed by atoms with E-state index in [4.69, 9.17) is 0 Å². The first-order valence-corrected chi connectivity index (χ1v) is 11.3. The summed E-state index contributed by atoms with van der Waals surface area (Å²) in [6.45, 7) is 4.03. The second-order valence-corrected chi connectivity index (χ2v) is 8.45. The summed E-state index contributed by atoms with van der Waals surface area (Å²) in [4.78, 5) is 13.2. The van der Waals surface area contributed by atoms with Crippen LogP contribution in [0.4, 0.5) is 5.69 Å². The molecule has 0 saturated carbocycles. The second-order valence-electron chi connectivity index (χ2n) is 5.82. The van der Waals surface area contributed by atoms with Crippen LogP contribution in [0.2, 0.25) is 0 Å². The van der Waals surface area contributed by atoms with Gasteiger partial charge < -0.3 is 5.32 Å². The average Bonchev–Trinajstić information content (AvgIpc) is 2.64. The van der Waals surface area contributed by atoms with Crippen molar-refractivity contribution >= 4 is 45.5 Å². The highest BCUT2D eigenvalue weighted by molar-refractivity contribution is 7.98. The molecule has 5 nitrogen and oxygen atoms in total. The number of carbonyl (C=O) groups excluding carboxylic acids is 1. The highest BCUT2D eigenvalue weighted by Crippen LogP contribution is 2.20. The molecule has 142 valence electrons. The molecule has 2 rings (SSSR count). The minimum Gasteiger partial charge on any atom is -0.348 e. The Balaban J connectivity index is 1.97. The molecular formula is C20H22N2O3S2. The van der Waals surface area contributed by atoms with Gasteiger partial charge in [-0.15, -0.1) is 11.8 Å². The van der Waals surface area contributed by atoms with Crippen molar-refractivity contribution in [3.05, 3.63) is 71.8 Å². The van der Waals surface area contributed by atoms with Gasteiger partial charge in [-0.2, -0.15) is 0 Å². The fourth-order valence-electron chi connectivity index (χ4n) is 2.32. The van der Waals surface area contributed by atoms with Crippen LogP contribution >= 0.6 is 11.8 Å². The molecule has 2 aromatic rings. The van der Waals surface area contributed by atoms with Gasteiger partial charge in [-0.3, -0.25) is 9.52 Å². The van der Waals surface area contributed by atoms with E-state index in [9.17, 15) is 13.2 Å². The molecule has 0 atom stereocenters. The van der Waals surface area contributed by atoms with Gasteiger partial charge in [0.15, 0.2) is 0 Å². The summed E-state index contributed by atoms with van der Waals surface area (Å²) < 4.78 is 25.2. The lowest BCUT2D eigenvalue weighted by Gasteiger charge is -2.10. The molecule has 0 heterocycles. The molecule has 2 aromatic carbocycles. The summed E-state index contributed by atoms with van der Waals surface area (Å²) in [5, 5.41) is 2.81. The highest BCUT2D eigenvalue weighted by Gasteiger charge is 2.07. The van der Waals surface area contributed by atoms with Crippen LogP contribution < -0.4 is 10.0 Å². The van der Waals surface area contributed by atoms with Crippen LogP contribution in [-0.2, 0) is 21.4 Å². The summed E-state index contributed by atoms with van der Waals surface area (Å²) in [6, 6.07) is 13.1. The Labute approximate surface area is 164 Å². The summed E-state index contributed by atoms with van der Waals surface area (Å²) in [6.07, 6.45) is 7.92. The summed E-state index contributed by atoms with van der Waals surface area (Å²) in [5.74, 6) is -0.206. The molecule has 1 amide bonds. The Morgan fingerprint density at radius 2 is 1.89 bits per heavy atom. The maximum absolute atomic E-state index is 12.0. The van der Waals surface area contributed by atoms with Gasteiger partial charge in [0.2, 0.25) is 15.9 Å². The van der Waals surface area contributed by atoms with Crippen LogP contribution in [0, 0.1) is 0 Å². The molecule has 7 heteroatoms. The zero-order valence-corrected chi connectivity index (χ0v) is 16.9. The van der Waals surface area contributed by atoms with Crippen molar-refractivity contribution in [3.8, 4) is 0 Å². The lowest BCUT2D eigenvalue weighted by molar-refractivity contribution is -0.116. The number of sulfonamides is 1. The number of hydrogen-bond acceptors (Lipinski definition) is 4. The van der Waals surface area contributed by atoms with E-state index in [0.717, 1.165) is 17.4 Å². The lowest BCUT2D eigenvalue weighted by Crippen LogP contribution is -2.20. The third-order valence-corrected chi connectivity index (χ3v) is 4.98. The van der Waals surface area contributed by atoms with E-state index in [1.807, 2.05) is 30.5 Å². The lowest BCUT2D eigenvalue weighted by atomic mass is 10.1. The van der Waals surface area contributed by atoms with Crippen molar-refractivity contribution < 1.29 is 13.2 Å². The Morgan fingerprint density at radius 1 is 1.19 bits per heavy atom. The average molecular weight is 403 g/mol. The predicted octanol–water partition coefficient (Wildman–Crippen LogP) is 3.75. The highest BCUT2D eigenvalue weighted by atomic mass is 32.2. The van der Waals surface area contributed by atoms with Crippen LogP contribution in [-0.4, -0.2) is 26.8 Å². The Bertz CT molecular complexity index is 950. The van der Waals surface area contributed by atoms with E-state index < -0.39 is 10.0 Å². The van der Waals surface area contributed by atoms with Gasteiger partial charge in [-0.05, 0) is 53.3 Å². The SMILES string of the molecule is C=Cc1cc(CNC(=O)/C=C/c2ccc(SC)cc2)ccc1NS(C)(=O)=O. The zero-order valence-electron chi connectivity index (χ0n) is 15.2. The molecule has 0 aliphatic rings.